The van der Waals surface area contributed by atoms with Gasteiger partial charge in [0.15, 0.2) is 0 Å². The lowest BCUT2D eigenvalue weighted by atomic mass is 9.43. The van der Waals surface area contributed by atoms with E-state index in [4.69, 9.17) is 0 Å². The molecule has 0 spiro atoms. The lowest BCUT2D eigenvalue weighted by Gasteiger charge is -2.61. The molecule has 160 valence electrons. The fourth-order valence-electron chi connectivity index (χ4n) is 8.45. The summed E-state index contributed by atoms with van der Waals surface area (Å²) in [4.78, 5) is 3.92. The quantitative estimate of drug-likeness (QED) is 0.522. The Kier molecular flexibility index (Phi) is 3.85. The molecule has 0 amide bonds. The van der Waals surface area contributed by atoms with E-state index in [1.165, 1.54) is 49.4 Å². The van der Waals surface area contributed by atoms with Crippen LogP contribution in [0.4, 0.5) is 0 Å². The van der Waals surface area contributed by atoms with Gasteiger partial charge in [-0.25, -0.2) is 0 Å². The first-order chi connectivity index (χ1) is 14.2. The van der Waals surface area contributed by atoms with Gasteiger partial charge in [0.1, 0.15) is 0 Å². The normalized spacial score (nSPS) is 40.4. The average Bonchev–Trinajstić information content (AvgIpc) is 3.22. The van der Waals surface area contributed by atoms with Crippen LogP contribution in [0.15, 0.2) is 35.9 Å². The third kappa shape index (κ3) is 2.29. The van der Waals surface area contributed by atoms with Crippen LogP contribution in [0.3, 0.4) is 0 Å². The molecule has 2 N–H and O–H groups in total. The van der Waals surface area contributed by atoms with E-state index in [1.807, 2.05) is 13.8 Å². The molecule has 6 atom stereocenters. The van der Waals surface area contributed by atoms with Crippen molar-refractivity contribution in [3.8, 4) is 0 Å². The predicted octanol–water partition coefficient (Wildman–Crippen LogP) is 6.53. The zero-order chi connectivity index (χ0) is 20.9. The minimum absolute atomic E-state index is 0.239. The Bertz CT molecular complexity index is 1040. The number of rotatable bonds is 1. The Balaban J connectivity index is 1.43. The first-order valence-corrected chi connectivity index (χ1v) is 12.3. The molecule has 0 radical (unpaired) electrons. The summed E-state index contributed by atoms with van der Waals surface area (Å²) in [6.45, 7) is 9.25. The van der Waals surface area contributed by atoms with Gasteiger partial charge in [-0.1, -0.05) is 43.7 Å². The number of allylic oxidation sites excluding steroid dienone is 2. The standard InChI is InChI=1S/C28H37NO/c1-26(2,30)18-9-11-20-17(15-18)13-14-27(3)23(20)12-10-19-16-22-21-7-5-6-8-24(21)29-25(22)28(19,27)4/h5-8,11,17-19,23,29-30H,9-10,12-16H2,1-4H3/t17-,18-,19+,23+,27+,28-/m1/s1. The second kappa shape index (κ2) is 6.03. The van der Waals surface area contributed by atoms with Gasteiger partial charge in [0, 0.05) is 22.0 Å². The number of aliphatic hydroxyl groups is 1. The van der Waals surface area contributed by atoms with Gasteiger partial charge in [0.2, 0.25) is 0 Å². The molecule has 2 nitrogen and oxygen atoms in total. The van der Waals surface area contributed by atoms with E-state index in [-0.39, 0.29) is 5.41 Å². The van der Waals surface area contributed by atoms with Crippen molar-refractivity contribution in [1.29, 1.82) is 0 Å². The highest BCUT2D eigenvalue weighted by molar-refractivity contribution is 5.86. The molecule has 6 rings (SSSR count). The third-order valence-electron chi connectivity index (χ3n) is 10.5. The van der Waals surface area contributed by atoms with E-state index in [2.05, 4.69) is 49.2 Å². The lowest BCUT2D eigenvalue weighted by Crippen LogP contribution is -2.56. The van der Waals surface area contributed by atoms with Crippen LogP contribution in [0.1, 0.15) is 77.5 Å². The summed E-state index contributed by atoms with van der Waals surface area (Å²) in [5.74, 6) is 2.58. The number of H-pyrrole nitrogens is 1. The van der Waals surface area contributed by atoms with Gasteiger partial charge in [0.05, 0.1) is 5.60 Å². The maximum Gasteiger partial charge on any atom is 0.0622 e. The minimum atomic E-state index is -0.558. The van der Waals surface area contributed by atoms with Crippen LogP contribution in [0, 0.1) is 29.1 Å². The first-order valence-electron chi connectivity index (χ1n) is 12.3. The first kappa shape index (κ1) is 19.2. The van der Waals surface area contributed by atoms with Gasteiger partial charge in [-0.05, 0) is 99.5 Å². The Morgan fingerprint density at radius 2 is 1.90 bits per heavy atom. The van der Waals surface area contributed by atoms with Gasteiger partial charge in [-0.2, -0.15) is 0 Å². The van der Waals surface area contributed by atoms with E-state index in [0.717, 1.165) is 12.3 Å². The number of hydrogen-bond donors (Lipinski definition) is 2. The summed E-state index contributed by atoms with van der Waals surface area (Å²) in [5, 5.41) is 12.1. The zero-order valence-corrected chi connectivity index (χ0v) is 19.1. The Labute approximate surface area is 181 Å². The van der Waals surface area contributed by atoms with Crippen molar-refractivity contribution < 1.29 is 5.11 Å². The molecule has 2 aromatic rings. The molecular formula is C28H37NO. The monoisotopic (exact) mass is 403 g/mol. The van der Waals surface area contributed by atoms with Gasteiger partial charge >= 0.3 is 0 Å². The smallest absolute Gasteiger partial charge is 0.0622 e. The number of nitrogens with one attached hydrogen (secondary N) is 1. The molecule has 2 fully saturated rings. The summed E-state index contributed by atoms with van der Waals surface area (Å²) >= 11 is 0. The molecule has 30 heavy (non-hydrogen) atoms. The molecule has 2 saturated carbocycles. The maximum absolute atomic E-state index is 10.6. The highest BCUT2D eigenvalue weighted by Gasteiger charge is 2.63. The molecule has 1 heterocycles. The van der Waals surface area contributed by atoms with Gasteiger partial charge in [0.25, 0.3) is 0 Å². The molecular weight excluding hydrogens is 366 g/mol. The van der Waals surface area contributed by atoms with Crippen molar-refractivity contribution >= 4 is 10.9 Å². The molecule has 4 aliphatic rings. The number of hydrogen-bond acceptors (Lipinski definition) is 1. The topological polar surface area (TPSA) is 36.0 Å². The number of aromatic nitrogens is 1. The van der Waals surface area contributed by atoms with Gasteiger partial charge in [-0.3, -0.25) is 0 Å². The van der Waals surface area contributed by atoms with Crippen LogP contribution >= 0.6 is 0 Å². The van der Waals surface area contributed by atoms with E-state index in [1.54, 1.807) is 16.8 Å². The zero-order valence-electron chi connectivity index (χ0n) is 19.1. The maximum atomic E-state index is 10.6. The van der Waals surface area contributed by atoms with Crippen LogP contribution < -0.4 is 0 Å². The summed E-state index contributed by atoms with van der Waals surface area (Å²) in [5.41, 5.74) is 6.26. The minimum Gasteiger partial charge on any atom is -0.390 e. The molecule has 1 aromatic heterocycles. The number of aromatic amines is 1. The molecule has 0 bridgehead atoms. The van der Waals surface area contributed by atoms with Crippen molar-refractivity contribution in [2.75, 3.05) is 0 Å². The van der Waals surface area contributed by atoms with Crippen molar-refractivity contribution in [3.63, 3.8) is 0 Å². The van der Waals surface area contributed by atoms with Gasteiger partial charge < -0.3 is 10.1 Å². The number of fused-ring (bicyclic) bond motifs is 9. The van der Waals surface area contributed by atoms with E-state index in [9.17, 15) is 5.11 Å². The number of benzene rings is 1. The van der Waals surface area contributed by atoms with Crippen molar-refractivity contribution in [3.05, 3.63) is 47.2 Å². The number of para-hydroxylation sites is 1. The summed E-state index contributed by atoms with van der Waals surface area (Å²) in [6.07, 6.45) is 11.4. The highest BCUT2D eigenvalue weighted by Crippen LogP contribution is 2.68. The average molecular weight is 404 g/mol. The SMILES string of the molecule is CC(C)(O)[C@@H]1CC=C2[C@H](CC[C@@]3(C)[C@H]2CC[C@H]2Cc4c([nH]c5ccccc45)[C@@]23C)C1. The second-order valence-corrected chi connectivity index (χ2v) is 11.9. The van der Waals surface area contributed by atoms with Crippen LogP contribution in [0.5, 0.6) is 0 Å². The summed E-state index contributed by atoms with van der Waals surface area (Å²) < 4.78 is 0. The van der Waals surface area contributed by atoms with Crippen LogP contribution in [-0.2, 0) is 11.8 Å². The third-order valence-corrected chi connectivity index (χ3v) is 10.5. The molecule has 4 aliphatic carbocycles. The molecule has 0 unspecified atom stereocenters. The second-order valence-electron chi connectivity index (χ2n) is 11.9. The summed E-state index contributed by atoms with van der Waals surface area (Å²) in [6, 6.07) is 8.94. The largest absolute Gasteiger partial charge is 0.390 e. The van der Waals surface area contributed by atoms with Crippen molar-refractivity contribution in [2.24, 2.45) is 29.1 Å². The van der Waals surface area contributed by atoms with Crippen LogP contribution in [0.2, 0.25) is 0 Å². The van der Waals surface area contributed by atoms with Crippen LogP contribution in [-0.4, -0.2) is 15.7 Å². The Hall–Kier alpha value is -1.54. The predicted molar refractivity (Wildman–Crippen MR) is 124 cm³/mol. The van der Waals surface area contributed by atoms with Crippen molar-refractivity contribution in [1.82, 2.24) is 4.98 Å². The fraction of sp³-hybridized carbons (Fsp3) is 0.643. The van der Waals surface area contributed by atoms with E-state index in [0.29, 0.717) is 23.2 Å². The molecule has 1 aromatic carbocycles. The van der Waals surface area contributed by atoms with Crippen molar-refractivity contribution in [2.45, 2.75) is 83.7 Å². The molecule has 2 heteroatoms. The molecule has 0 aliphatic heterocycles. The summed E-state index contributed by atoms with van der Waals surface area (Å²) in [7, 11) is 0. The highest BCUT2D eigenvalue weighted by atomic mass is 16.3. The van der Waals surface area contributed by atoms with Gasteiger partial charge in [-0.15, -0.1) is 0 Å². The fourth-order valence-corrected chi connectivity index (χ4v) is 8.45. The lowest BCUT2D eigenvalue weighted by molar-refractivity contribution is -0.0465. The van der Waals surface area contributed by atoms with E-state index >= 15 is 0 Å². The Morgan fingerprint density at radius 1 is 1.10 bits per heavy atom. The molecule has 0 saturated heterocycles. The van der Waals surface area contributed by atoms with Crippen LogP contribution in [0.25, 0.3) is 10.9 Å². The Morgan fingerprint density at radius 3 is 2.70 bits per heavy atom. The van der Waals surface area contributed by atoms with E-state index < -0.39 is 5.60 Å².